The van der Waals surface area contributed by atoms with Crippen molar-refractivity contribution in [1.82, 2.24) is 9.55 Å². The number of nitrogen functional groups attached to an aromatic ring is 1. The van der Waals surface area contributed by atoms with E-state index in [9.17, 15) is 8.78 Å². The molecule has 0 bridgehead atoms. The number of imidazole rings is 1. The summed E-state index contributed by atoms with van der Waals surface area (Å²) in [7, 11) is 0. The molecule has 0 aliphatic rings. The van der Waals surface area contributed by atoms with Crippen LogP contribution in [-0.2, 0) is 13.0 Å². The van der Waals surface area contributed by atoms with E-state index in [2.05, 4.69) is 4.98 Å². The van der Waals surface area contributed by atoms with Crippen LogP contribution in [-0.4, -0.2) is 9.55 Å². The molecule has 2 N–H and O–H groups in total. The first-order chi connectivity index (χ1) is 9.66. The average molecular weight is 273 g/mol. The van der Waals surface area contributed by atoms with Crippen molar-refractivity contribution in [2.75, 3.05) is 5.73 Å². The van der Waals surface area contributed by atoms with Crippen LogP contribution >= 0.6 is 0 Å². The number of halogens is 2. The van der Waals surface area contributed by atoms with Gasteiger partial charge in [-0.2, -0.15) is 0 Å². The lowest BCUT2D eigenvalue weighted by atomic mass is 10.1. The van der Waals surface area contributed by atoms with Crippen LogP contribution in [0.2, 0.25) is 0 Å². The van der Waals surface area contributed by atoms with E-state index in [4.69, 9.17) is 5.73 Å². The second-order valence-corrected chi connectivity index (χ2v) is 4.59. The lowest BCUT2D eigenvalue weighted by Gasteiger charge is -2.07. The molecule has 0 atom stereocenters. The summed E-state index contributed by atoms with van der Waals surface area (Å²) < 4.78 is 28.8. The predicted octanol–water partition coefficient (Wildman–Crippen LogP) is 3.14. The third-order valence-corrected chi connectivity index (χ3v) is 3.30. The second kappa shape index (κ2) is 4.92. The largest absolute Gasteiger partial charge is 0.369 e. The molecular weight excluding hydrogens is 260 g/mol. The Kier molecular flexibility index (Phi) is 3.10. The highest BCUT2D eigenvalue weighted by Gasteiger charge is 2.15. The van der Waals surface area contributed by atoms with E-state index in [1.54, 1.807) is 0 Å². The summed E-state index contributed by atoms with van der Waals surface area (Å²) in [4.78, 5) is 4.06. The Morgan fingerprint density at radius 3 is 2.55 bits per heavy atom. The Morgan fingerprint density at radius 2 is 1.80 bits per heavy atom. The van der Waals surface area contributed by atoms with Gasteiger partial charge in [-0.05, 0) is 24.1 Å². The lowest BCUT2D eigenvalue weighted by Crippen LogP contribution is -2.07. The van der Waals surface area contributed by atoms with E-state index in [1.807, 2.05) is 30.3 Å². The van der Waals surface area contributed by atoms with Gasteiger partial charge in [0.05, 0.1) is 5.52 Å². The van der Waals surface area contributed by atoms with Crippen LogP contribution in [0.3, 0.4) is 0 Å². The molecule has 102 valence electrons. The minimum Gasteiger partial charge on any atom is -0.369 e. The van der Waals surface area contributed by atoms with E-state index in [1.165, 1.54) is 10.6 Å². The van der Waals surface area contributed by atoms with Crippen LogP contribution < -0.4 is 5.73 Å². The Bertz CT molecular complexity index is 751. The number of nitrogens with zero attached hydrogens (tertiary/aromatic N) is 2. The van der Waals surface area contributed by atoms with Gasteiger partial charge in [0.1, 0.15) is 5.52 Å². The first kappa shape index (κ1) is 12.6. The Balaban J connectivity index is 1.99. The van der Waals surface area contributed by atoms with Crippen LogP contribution in [0.25, 0.3) is 11.0 Å². The summed E-state index contributed by atoms with van der Waals surface area (Å²) in [5.41, 5.74) is 7.39. The maximum absolute atomic E-state index is 13.9. The minimum absolute atomic E-state index is 0.124. The normalized spacial score (nSPS) is 11.1. The summed E-state index contributed by atoms with van der Waals surface area (Å²) in [5, 5.41) is 0. The number of nitrogens with two attached hydrogens (primary N) is 1. The highest BCUT2D eigenvalue weighted by atomic mass is 19.2. The molecule has 1 aromatic heterocycles. The molecule has 0 fully saturated rings. The van der Waals surface area contributed by atoms with Gasteiger partial charge < -0.3 is 10.3 Å². The third-order valence-electron chi connectivity index (χ3n) is 3.30. The second-order valence-electron chi connectivity index (χ2n) is 4.59. The molecule has 0 aliphatic heterocycles. The van der Waals surface area contributed by atoms with Crippen molar-refractivity contribution in [3.63, 3.8) is 0 Å². The van der Waals surface area contributed by atoms with Gasteiger partial charge in [0.2, 0.25) is 5.95 Å². The van der Waals surface area contributed by atoms with E-state index < -0.39 is 11.6 Å². The number of hydrogen-bond acceptors (Lipinski definition) is 2. The molecule has 0 saturated carbocycles. The van der Waals surface area contributed by atoms with Crippen molar-refractivity contribution in [3.05, 3.63) is 59.7 Å². The molecule has 0 unspecified atom stereocenters. The summed E-state index contributed by atoms with van der Waals surface area (Å²) >= 11 is 0. The molecule has 0 saturated heterocycles. The molecule has 2 aromatic carbocycles. The molecule has 0 spiro atoms. The fourth-order valence-electron chi connectivity index (χ4n) is 2.29. The van der Waals surface area contributed by atoms with Gasteiger partial charge in [-0.15, -0.1) is 0 Å². The first-order valence-electron chi connectivity index (χ1n) is 6.30. The number of hydrogen-bond donors (Lipinski definition) is 1. The van der Waals surface area contributed by atoms with Crippen LogP contribution in [0.15, 0.2) is 42.5 Å². The number of fused-ring (bicyclic) bond motifs is 1. The molecule has 3 aromatic rings. The summed E-state index contributed by atoms with van der Waals surface area (Å²) in [6, 6.07) is 12.3. The molecule has 1 heterocycles. The van der Waals surface area contributed by atoms with Gasteiger partial charge in [-0.25, -0.2) is 13.8 Å². The zero-order valence-corrected chi connectivity index (χ0v) is 10.7. The molecular formula is C15H13F2N3. The van der Waals surface area contributed by atoms with Crippen molar-refractivity contribution < 1.29 is 8.78 Å². The Morgan fingerprint density at radius 1 is 1.05 bits per heavy atom. The summed E-state index contributed by atoms with van der Waals surface area (Å²) in [6.45, 7) is 0.451. The molecule has 3 nitrogen and oxygen atoms in total. The quantitative estimate of drug-likeness (QED) is 0.796. The molecule has 0 aliphatic carbocycles. The maximum Gasteiger partial charge on any atom is 0.201 e. The zero-order chi connectivity index (χ0) is 14.1. The molecule has 3 rings (SSSR count). The number of benzene rings is 2. The summed E-state index contributed by atoms with van der Waals surface area (Å²) in [5.74, 6) is -1.60. The van der Waals surface area contributed by atoms with Crippen molar-refractivity contribution in [1.29, 1.82) is 0 Å². The standard InChI is InChI=1S/C15H13F2N3/c16-11-6-7-12-14(13(11)17)20(15(18)19-12)9-8-10-4-2-1-3-5-10/h1-7H,8-9H2,(H2,18,19). The fraction of sp³-hybridized carbons (Fsp3) is 0.133. The topological polar surface area (TPSA) is 43.8 Å². The average Bonchev–Trinajstić information content (AvgIpc) is 2.78. The van der Waals surface area contributed by atoms with Crippen LogP contribution in [0, 0.1) is 11.6 Å². The van der Waals surface area contributed by atoms with Gasteiger partial charge in [0.15, 0.2) is 11.6 Å². The maximum atomic E-state index is 13.9. The number of anilines is 1. The van der Waals surface area contributed by atoms with Crippen molar-refractivity contribution in [2.45, 2.75) is 13.0 Å². The van der Waals surface area contributed by atoms with Gasteiger partial charge in [0.25, 0.3) is 0 Å². The van der Waals surface area contributed by atoms with E-state index in [0.717, 1.165) is 11.6 Å². The van der Waals surface area contributed by atoms with E-state index in [-0.39, 0.29) is 11.5 Å². The van der Waals surface area contributed by atoms with Gasteiger partial charge in [-0.3, -0.25) is 0 Å². The van der Waals surface area contributed by atoms with Crippen LogP contribution in [0.4, 0.5) is 14.7 Å². The smallest absolute Gasteiger partial charge is 0.201 e. The van der Waals surface area contributed by atoms with E-state index >= 15 is 0 Å². The zero-order valence-electron chi connectivity index (χ0n) is 10.7. The number of rotatable bonds is 3. The fourth-order valence-corrected chi connectivity index (χ4v) is 2.29. The van der Waals surface area contributed by atoms with Gasteiger partial charge in [-0.1, -0.05) is 30.3 Å². The highest BCUT2D eigenvalue weighted by molar-refractivity contribution is 5.79. The van der Waals surface area contributed by atoms with Crippen LogP contribution in [0.5, 0.6) is 0 Å². The van der Waals surface area contributed by atoms with Crippen molar-refractivity contribution in [2.24, 2.45) is 0 Å². The molecule has 20 heavy (non-hydrogen) atoms. The number of aryl methyl sites for hydroxylation is 2. The first-order valence-corrected chi connectivity index (χ1v) is 6.30. The third kappa shape index (κ3) is 2.11. The lowest BCUT2D eigenvalue weighted by molar-refractivity contribution is 0.511. The highest BCUT2D eigenvalue weighted by Crippen LogP contribution is 2.23. The van der Waals surface area contributed by atoms with Crippen molar-refractivity contribution in [3.8, 4) is 0 Å². The van der Waals surface area contributed by atoms with Gasteiger partial charge >= 0.3 is 0 Å². The summed E-state index contributed by atoms with van der Waals surface area (Å²) in [6.07, 6.45) is 0.673. The Hall–Kier alpha value is -2.43. The van der Waals surface area contributed by atoms with Crippen LogP contribution in [0.1, 0.15) is 5.56 Å². The van der Waals surface area contributed by atoms with E-state index in [0.29, 0.717) is 18.5 Å². The predicted molar refractivity (Wildman–Crippen MR) is 74.2 cm³/mol. The number of aromatic nitrogens is 2. The van der Waals surface area contributed by atoms with Crippen molar-refractivity contribution >= 4 is 17.0 Å². The molecule has 5 heteroatoms. The monoisotopic (exact) mass is 273 g/mol. The SMILES string of the molecule is Nc1nc2ccc(F)c(F)c2n1CCc1ccccc1. The van der Waals surface area contributed by atoms with Gasteiger partial charge in [0, 0.05) is 6.54 Å². The molecule has 0 amide bonds. The minimum atomic E-state index is -0.903. The molecule has 0 radical (unpaired) electrons. The Labute approximate surface area is 114 Å².